The van der Waals surface area contributed by atoms with Crippen molar-refractivity contribution >= 4 is 17.8 Å². The summed E-state index contributed by atoms with van der Waals surface area (Å²) in [6.07, 6.45) is 7.21. The predicted octanol–water partition coefficient (Wildman–Crippen LogP) is 4.79. The molecule has 2 N–H and O–H groups in total. The summed E-state index contributed by atoms with van der Waals surface area (Å²) in [7, 11) is 0. The number of pyridine rings is 1. The Morgan fingerprint density at radius 2 is 2.08 bits per heavy atom. The Kier molecular flexibility index (Phi) is 7.01. The van der Waals surface area contributed by atoms with Crippen LogP contribution in [0.1, 0.15) is 43.9 Å². The van der Waals surface area contributed by atoms with Crippen LogP contribution in [0.25, 0.3) is 6.08 Å². The fraction of sp³-hybridized carbons (Fsp3) is 0.300. The van der Waals surface area contributed by atoms with Gasteiger partial charge in [-0.3, -0.25) is 4.98 Å². The highest BCUT2D eigenvalue weighted by atomic mass is 16.5. The van der Waals surface area contributed by atoms with Crippen LogP contribution in [0.3, 0.4) is 0 Å². The van der Waals surface area contributed by atoms with E-state index in [1.807, 2.05) is 37.3 Å². The largest absolute Gasteiger partial charge is 0.493 e. The standard InChI is InChI=1S/C20H25N3O2/c1-4-6-13-25-19-14-18(8-7-16(19)5-2)23-20(24)22-15(3)17-9-11-21-12-10-17/h5,7-12,14-15H,2,4,6,13H2,1,3H3,(H2,22,23,24). The Hall–Kier alpha value is -2.82. The summed E-state index contributed by atoms with van der Waals surface area (Å²) in [5, 5.41) is 5.75. The molecule has 0 aliphatic carbocycles. The molecule has 1 aromatic heterocycles. The van der Waals surface area contributed by atoms with Crippen molar-refractivity contribution in [2.45, 2.75) is 32.7 Å². The monoisotopic (exact) mass is 339 g/mol. The highest BCUT2D eigenvalue weighted by molar-refractivity contribution is 5.90. The second kappa shape index (κ2) is 9.47. The molecule has 0 radical (unpaired) electrons. The van der Waals surface area contributed by atoms with E-state index < -0.39 is 0 Å². The van der Waals surface area contributed by atoms with E-state index in [0.29, 0.717) is 12.3 Å². The Bertz CT molecular complexity index is 701. The van der Waals surface area contributed by atoms with Crippen LogP contribution < -0.4 is 15.4 Å². The second-order valence-corrected chi connectivity index (χ2v) is 5.76. The fourth-order valence-corrected chi connectivity index (χ4v) is 2.33. The fourth-order valence-electron chi connectivity index (χ4n) is 2.33. The minimum absolute atomic E-state index is 0.115. The highest BCUT2D eigenvalue weighted by Gasteiger charge is 2.10. The summed E-state index contributed by atoms with van der Waals surface area (Å²) in [4.78, 5) is 16.2. The summed E-state index contributed by atoms with van der Waals surface area (Å²) in [5.74, 6) is 0.725. The first-order chi connectivity index (χ1) is 12.1. The van der Waals surface area contributed by atoms with Crippen molar-refractivity contribution in [2.75, 3.05) is 11.9 Å². The van der Waals surface area contributed by atoms with Gasteiger partial charge >= 0.3 is 6.03 Å². The number of rotatable bonds is 8. The van der Waals surface area contributed by atoms with E-state index in [1.165, 1.54) is 0 Å². The Balaban J connectivity index is 2.00. The molecular weight excluding hydrogens is 314 g/mol. The topological polar surface area (TPSA) is 63.2 Å². The van der Waals surface area contributed by atoms with Crippen LogP contribution in [0, 0.1) is 0 Å². The maximum absolute atomic E-state index is 12.2. The third-order valence-electron chi connectivity index (χ3n) is 3.80. The summed E-state index contributed by atoms with van der Waals surface area (Å²) < 4.78 is 5.79. The quantitative estimate of drug-likeness (QED) is 0.680. The van der Waals surface area contributed by atoms with E-state index in [1.54, 1.807) is 18.5 Å². The molecule has 25 heavy (non-hydrogen) atoms. The lowest BCUT2D eigenvalue weighted by Gasteiger charge is -2.16. The number of ether oxygens (including phenoxy) is 1. The minimum Gasteiger partial charge on any atom is -0.493 e. The lowest BCUT2D eigenvalue weighted by Crippen LogP contribution is -2.31. The van der Waals surface area contributed by atoms with Gasteiger partial charge in [0.1, 0.15) is 5.75 Å². The van der Waals surface area contributed by atoms with E-state index in [-0.39, 0.29) is 12.1 Å². The number of urea groups is 1. The van der Waals surface area contributed by atoms with Crippen LogP contribution in [0.5, 0.6) is 5.75 Å². The number of nitrogens with one attached hydrogen (secondary N) is 2. The maximum atomic E-state index is 12.2. The SMILES string of the molecule is C=Cc1ccc(NC(=O)NC(C)c2ccncc2)cc1OCCCC. The van der Waals surface area contributed by atoms with Crippen molar-refractivity contribution in [3.8, 4) is 5.75 Å². The van der Waals surface area contributed by atoms with E-state index in [0.717, 1.165) is 29.7 Å². The van der Waals surface area contributed by atoms with Gasteiger partial charge in [0.25, 0.3) is 0 Å². The van der Waals surface area contributed by atoms with E-state index >= 15 is 0 Å². The zero-order valence-electron chi connectivity index (χ0n) is 14.8. The molecule has 0 saturated carbocycles. The zero-order valence-corrected chi connectivity index (χ0v) is 14.8. The Labute approximate surface area is 149 Å². The number of unbranched alkanes of at least 4 members (excludes halogenated alkanes) is 1. The third-order valence-corrected chi connectivity index (χ3v) is 3.80. The van der Waals surface area contributed by atoms with Crippen molar-refractivity contribution in [2.24, 2.45) is 0 Å². The normalized spacial score (nSPS) is 11.4. The van der Waals surface area contributed by atoms with Gasteiger partial charge in [-0.15, -0.1) is 0 Å². The number of benzene rings is 1. The van der Waals surface area contributed by atoms with Crippen LogP contribution in [0.15, 0.2) is 49.3 Å². The second-order valence-electron chi connectivity index (χ2n) is 5.76. The smallest absolute Gasteiger partial charge is 0.319 e. The number of hydrogen-bond acceptors (Lipinski definition) is 3. The summed E-state index contributed by atoms with van der Waals surface area (Å²) in [6.45, 7) is 8.48. The first-order valence-corrected chi connectivity index (χ1v) is 8.50. The molecule has 5 heteroatoms. The summed E-state index contributed by atoms with van der Waals surface area (Å²) in [6, 6.07) is 8.92. The predicted molar refractivity (Wildman–Crippen MR) is 102 cm³/mol. The minimum atomic E-state index is -0.268. The molecule has 2 aromatic rings. The molecule has 132 valence electrons. The van der Waals surface area contributed by atoms with Crippen molar-refractivity contribution in [1.29, 1.82) is 0 Å². The molecule has 0 fully saturated rings. The molecule has 1 atom stereocenters. The van der Waals surface area contributed by atoms with Crippen LogP contribution in [-0.4, -0.2) is 17.6 Å². The van der Waals surface area contributed by atoms with Gasteiger partial charge in [-0.25, -0.2) is 4.79 Å². The molecule has 1 aromatic carbocycles. The summed E-state index contributed by atoms with van der Waals surface area (Å²) in [5.41, 5.74) is 2.58. The lowest BCUT2D eigenvalue weighted by molar-refractivity contribution is 0.249. The number of anilines is 1. The van der Waals surface area contributed by atoms with Crippen LogP contribution in [0.2, 0.25) is 0 Å². The van der Waals surface area contributed by atoms with Crippen LogP contribution in [0.4, 0.5) is 10.5 Å². The third kappa shape index (κ3) is 5.64. The molecule has 2 rings (SSSR count). The number of carbonyl (C=O) groups is 1. The first kappa shape index (κ1) is 18.5. The Morgan fingerprint density at radius 1 is 1.32 bits per heavy atom. The van der Waals surface area contributed by atoms with Gasteiger partial charge in [-0.2, -0.15) is 0 Å². The molecule has 2 amide bonds. The average molecular weight is 339 g/mol. The van der Waals surface area contributed by atoms with E-state index in [9.17, 15) is 4.79 Å². The summed E-state index contributed by atoms with van der Waals surface area (Å²) >= 11 is 0. The van der Waals surface area contributed by atoms with Crippen LogP contribution >= 0.6 is 0 Å². The van der Waals surface area contributed by atoms with Gasteiger partial charge < -0.3 is 15.4 Å². The first-order valence-electron chi connectivity index (χ1n) is 8.50. The number of amides is 2. The molecule has 5 nitrogen and oxygen atoms in total. The Morgan fingerprint density at radius 3 is 2.76 bits per heavy atom. The van der Waals surface area contributed by atoms with Gasteiger partial charge in [0.05, 0.1) is 12.6 Å². The van der Waals surface area contributed by atoms with Gasteiger partial charge in [-0.1, -0.05) is 26.0 Å². The van der Waals surface area contributed by atoms with E-state index in [4.69, 9.17) is 4.74 Å². The van der Waals surface area contributed by atoms with Crippen molar-refractivity contribution in [3.63, 3.8) is 0 Å². The van der Waals surface area contributed by atoms with Crippen molar-refractivity contribution in [3.05, 3.63) is 60.4 Å². The number of carbonyl (C=O) groups excluding carboxylic acids is 1. The molecule has 0 spiro atoms. The molecule has 1 unspecified atom stereocenters. The van der Waals surface area contributed by atoms with Gasteiger partial charge in [-0.05, 0) is 43.2 Å². The van der Waals surface area contributed by atoms with Gasteiger partial charge in [0.15, 0.2) is 0 Å². The average Bonchev–Trinajstić information content (AvgIpc) is 2.63. The van der Waals surface area contributed by atoms with Crippen LogP contribution in [-0.2, 0) is 0 Å². The van der Waals surface area contributed by atoms with E-state index in [2.05, 4.69) is 29.1 Å². The number of aromatic nitrogens is 1. The zero-order chi connectivity index (χ0) is 18.1. The molecule has 0 aliphatic rings. The van der Waals surface area contributed by atoms with Gasteiger partial charge in [0.2, 0.25) is 0 Å². The molecule has 0 saturated heterocycles. The number of nitrogens with zero attached hydrogens (tertiary/aromatic N) is 1. The number of hydrogen-bond donors (Lipinski definition) is 2. The van der Waals surface area contributed by atoms with Gasteiger partial charge in [0, 0.05) is 29.7 Å². The molecule has 0 aliphatic heterocycles. The van der Waals surface area contributed by atoms with Crippen molar-refractivity contribution < 1.29 is 9.53 Å². The maximum Gasteiger partial charge on any atom is 0.319 e. The molecule has 1 heterocycles. The highest BCUT2D eigenvalue weighted by Crippen LogP contribution is 2.25. The molecule has 0 bridgehead atoms. The van der Waals surface area contributed by atoms with Crippen molar-refractivity contribution in [1.82, 2.24) is 10.3 Å². The molecular formula is C20H25N3O2. The lowest BCUT2D eigenvalue weighted by atomic mass is 10.1.